The predicted octanol–water partition coefficient (Wildman–Crippen LogP) is 5.36. The lowest BCUT2D eigenvalue weighted by Gasteiger charge is -2.10. The Morgan fingerprint density at radius 2 is 1.55 bits per heavy atom. The van der Waals surface area contributed by atoms with E-state index in [1.54, 1.807) is 0 Å². The molecule has 110 valence electrons. The van der Waals surface area contributed by atoms with Crippen LogP contribution in [0.5, 0.6) is 0 Å². The van der Waals surface area contributed by atoms with Crippen molar-refractivity contribution in [3.8, 4) is 6.07 Å². The summed E-state index contributed by atoms with van der Waals surface area (Å²) in [6.07, 6.45) is 8.79. The molecule has 20 heavy (non-hydrogen) atoms. The number of unbranched alkanes of at least 4 members (excludes halogenated alkanes) is 4. The fraction of sp³-hybridized carbons (Fsp3) is 0.611. The van der Waals surface area contributed by atoms with Gasteiger partial charge in [0.2, 0.25) is 0 Å². The van der Waals surface area contributed by atoms with Crippen molar-refractivity contribution >= 4 is 0 Å². The average Bonchev–Trinajstić information content (AvgIpc) is 2.44. The van der Waals surface area contributed by atoms with Crippen LogP contribution in [0, 0.1) is 17.1 Å². The first-order valence-electron chi connectivity index (χ1n) is 7.90. The Morgan fingerprint density at radius 3 is 2.15 bits per heavy atom. The molecule has 0 radical (unpaired) electrons. The summed E-state index contributed by atoms with van der Waals surface area (Å²) < 4.78 is 14.3. The summed E-state index contributed by atoms with van der Waals surface area (Å²) in [4.78, 5) is 0. The molecular weight excluding hydrogens is 249 g/mol. The third-order valence-corrected chi connectivity index (χ3v) is 3.67. The van der Waals surface area contributed by atoms with Gasteiger partial charge in [-0.15, -0.1) is 0 Å². The molecule has 2 heteroatoms. The SMILES string of the molecule is CCCCCc1cc(CC#N)c(F)c(CCCCC)c1. The molecule has 0 aromatic heterocycles. The molecule has 0 saturated carbocycles. The van der Waals surface area contributed by atoms with Crippen molar-refractivity contribution in [1.29, 1.82) is 5.26 Å². The van der Waals surface area contributed by atoms with E-state index in [1.165, 1.54) is 18.4 Å². The number of hydrogen-bond acceptors (Lipinski definition) is 1. The van der Waals surface area contributed by atoms with Gasteiger partial charge in [-0.1, -0.05) is 51.7 Å². The zero-order valence-corrected chi connectivity index (χ0v) is 12.8. The number of nitriles is 1. The largest absolute Gasteiger partial charge is 0.206 e. The average molecular weight is 275 g/mol. The standard InChI is InChI=1S/C18H26FN/c1-3-5-7-9-15-13-16(10-8-6-4-2)18(19)17(14-15)11-12-20/h13-14H,3-11H2,1-2H3. The smallest absolute Gasteiger partial charge is 0.130 e. The lowest BCUT2D eigenvalue weighted by atomic mass is 9.96. The Bertz CT molecular complexity index is 445. The topological polar surface area (TPSA) is 23.8 Å². The second kappa shape index (κ2) is 9.53. The van der Waals surface area contributed by atoms with E-state index in [2.05, 4.69) is 19.9 Å². The minimum atomic E-state index is -0.151. The Kier molecular flexibility index (Phi) is 7.95. The van der Waals surface area contributed by atoms with Crippen molar-refractivity contribution < 1.29 is 4.39 Å². The van der Waals surface area contributed by atoms with Crippen LogP contribution in [0.15, 0.2) is 12.1 Å². The normalized spacial score (nSPS) is 10.5. The minimum Gasteiger partial charge on any atom is -0.206 e. The molecule has 0 fully saturated rings. The molecule has 0 heterocycles. The van der Waals surface area contributed by atoms with Crippen molar-refractivity contribution in [2.75, 3.05) is 0 Å². The summed E-state index contributed by atoms with van der Waals surface area (Å²) >= 11 is 0. The molecule has 0 aliphatic carbocycles. The zero-order valence-electron chi connectivity index (χ0n) is 12.8. The minimum absolute atomic E-state index is 0.151. The van der Waals surface area contributed by atoms with Gasteiger partial charge in [-0.3, -0.25) is 0 Å². The maximum absolute atomic E-state index is 14.3. The number of hydrogen-bond donors (Lipinski definition) is 0. The second-order valence-corrected chi connectivity index (χ2v) is 5.48. The Morgan fingerprint density at radius 1 is 0.950 bits per heavy atom. The molecule has 0 N–H and O–H groups in total. The highest BCUT2D eigenvalue weighted by Crippen LogP contribution is 2.21. The van der Waals surface area contributed by atoms with E-state index in [0.717, 1.165) is 44.1 Å². The number of rotatable bonds is 9. The second-order valence-electron chi connectivity index (χ2n) is 5.48. The van der Waals surface area contributed by atoms with Crippen LogP contribution in [0.2, 0.25) is 0 Å². The number of benzene rings is 1. The highest BCUT2D eigenvalue weighted by atomic mass is 19.1. The summed E-state index contributed by atoms with van der Waals surface area (Å²) in [5.41, 5.74) is 2.57. The van der Waals surface area contributed by atoms with Crippen molar-refractivity contribution in [3.05, 3.63) is 34.6 Å². The van der Waals surface area contributed by atoms with Gasteiger partial charge in [-0.05, 0) is 36.8 Å². The lowest BCUT2D eigenvalue weighted by molar-refractivity contribution is 0.586. The molecule has 1 aromatic carbocycles. The van der Waals surface area contributed by atoms with Crippen LogP contribution in [0.1, 0.15) is 69.1 Å². The van der Waals surface area contributed by atoms with E-state index in [-0.39, 0.29) is 12.2 Å². The summed E-state index contributed by atoms with van der Waals surface area (Å²) in [6, 6.07) is 5.98. The van der Waals surface area contributed by atoms with Gasteiger partial charge in [0.1, 0.15) is 5.82 Å². The summed E-state index contributed by atoms with van der Waals surface area (Å²) in [6.45, 7) is 4.33. The molecule has 0 bridgehead atoms. The van der Waals surface area contributed by atoms with Crippen LogP contribution in [0.3, 0.4) is 0 Å². The molecule has 0 amide bonds. The van der Waals surface area contributed by atoms with Crippen LogP contribution in [0.25, 0.3) is 0 Å². The zero-order chi connectivity index (χ0) is 14.8. The van der Waals surface area contributed by atoms with Gasteiger partial charge >= 0.3 is 0 Å². The van der Waals surface area contributed by atoms with Gasteiger partial charge in [0.25, 0.3) is 0 Å². The van der Waals surface area contributed by atoms with Gasteiger partial charge in [-0.25, -0.2) is 4.39 Å². The molecule has 0 aliphatic rings. The van der Waals surface area contributed by atoms with E-state index < -0.39 is 0 Å². The predicted molar refractivity (Wildman–Crippen MR) is 82.2 cm³/mol. The van der Waals surface area contributed by atoms with Crippen LogP contribution >= 0.6 is 0 Å². The Hall–Kier alpha value is -1.36. The molecule has 0 aliphatic heterocycles. The lowest BCUT2D eigenvalue weighted by Crippen LogP contribution is -2.00. The van der Waals surface area contributed by atoms with Gasteiger partial charge < -0.3 is 0 Å². The first-order valence-corrected chi connectivity index (χ1v) is 7.90. The maximum atomic E-state index is 14.3. The number of nitrogens with zero attached hydrogens (tertiary/aromatic N) is 1. The maximum Gasteiger partial charge on any atom is 0.130 e. The molecule has 1 rings (SSSR count). The van der Waals surface area contributed by atoms with Crippen LogP contribution in [-0.2, 0) is 19.3 Å². The summed E-state index contributed by atoms with van der Waals surface area (Å²) in [5.74, 6) is -0.151. The van der Waals surface area contributed by atoms with Crippen LogP contribution in [-0.4, -0.2) is 0 Å². The number of aryl methyl sites for hydroxylation is 2. The summed E-state index contributed by atoms with van der Waals surface area (Å²) in [5, 5.41) is 8.84. The molecule has 0 saturated heterocycles. The first-order chi connectivity index (χ1) is 9.72. The van der Waals surface area contributed by atoms with E-state index in [4.69, 9.17) is 5.26 Å². The molecule has 1 aromatic rings. The molecule has 0 spiro atoms. The van der Waals surface area contributed by atoms with Crippen LogP contribution in [0.4, 0.5) is 4.39 Å². The molecule has 1 nitrogen and oxygen atoms in total. The van der Waals surface area contributed by atoms with Crippen LogP contribution < -0.4 is 0 Å². The van der Waals surface area contributed by atoms with Crippen molar-refractivity contribution in [3.63, 3.8) is 0 Å². The number of halogens is 1. The van der Waals surface area contributed by atoms with E-state index in [1.807, 2.05) is 12.1 Å². The van der Waals surface area contributed by atoms with Crippen molar-refractivity contribution in [2.45, 2.75) is 71.6 Å². The monoisotopic (exact) mass is 275 g/mol. The van der Waals surface area contributed by atoms with Gasteiger partial charge in [0.05, 0.1) is 12.5 Å². The molecular formula is C18H26FN. The fourth-order valence-electron chi connectivity index (χ4n) is 2.51. The van der Waals surface area contributed by atoms with Gasteiger partial charge in [0, 0.05) is 5.56 Å². The summed E-state index contributed by atoms with van der Waals surface area (Å²) in [7, 11) is 0. The first kappa shape index (κ1) is 16.7. The highest BCUT2D eigenvalue weighted by Gasteiger charge is 2.10. The van der Waals surface area contributed by atoms with E-state index in [9.17, 15) is 4.39 Å². The third kappa shape index (κ3) is 5.33. The van der Waals surface area contributed by atoms with Crippen molar-refractivity contribution in [1.82, 2.24) is 0 Å². The molecule has 0 atom stereocenters. The molecule has 0 unspecified atom stereocenters. The Labute approximate surface area is 122 Å². The van der Waals surface area contributed by atoms with E-state index in [0.29, 0.717) is 5.56 Å². The van der Waals surface area contributed by atoms with E-state index >= 15 is 0 Å². The Balaban J connectivity index is 2.86. The van der Waals surface area contributed by atoms with Crippen molar-refractivity contribution in [2.24, 2.45) is 0 Å². The van der Waals surface area contributed by atoms with Gasteiger partial charge in [0.15, 0.2) is 0 Å². The quantitative estimate of drug-likeness (QED) is 0.557. The fourth-order valence-corrected chi connectivity index (χ4v) is 2.51. The third-order valence-electron chi connectivity index (χ3n) is 3.67. The highest BCUT2D eigenvalue weighted by molar-refractivity contribution is 5.34. The van der Waals surface area contributed by atoms with Gasteiger partial charge in [-0.2, -0.15) is 5.26 Å².